The lowest BCUT2D eigenvalue weighted by atomic mass is 9.84. The van der Waals surface area contributed by atoms with Crippen molar-refractivity contribution in [1.82, 2.24) is 9.97 Å². The Morgan fingerprint density at radius 3 is 2.68 bits per heavy atom. The van der Waals surface area contributed by atoms with E-state index in [0.29, 0.717) is 29.3 Å². The van der Waals surface area contributed by atoms with Gasteiger partial charge in [-0.3, -0.25) is 0 Å². The van der Waals surface area contributed by atoms with Crippen LogP contribution in [0.2, 0.25) is 5.15 Å². The average Bonchev–Trinajstić information content (AvgIpc) is 2.59. The summed E-state index contributed by atoms with van der Waals surface area (Å²) in [5.41, 5.74) is 8.76. The standard InChI is InChI=1S/C18H22ClN5O3S/c1-4-28(25,26)10-11-5-12(6-11)27-17-14-8-21-16(19)7-13(14)15(9-22-17)18(2,3)23-24-20/h7-9,11-12H,4-6,10H2,1-3H3. The molecule has 0 amide bonds. The van der Waals surface area contributed by atoms with Crippen LogP contribution in [0.25, 0.3) is 21.2 Å². The Kier molecular flexibility index (Phi) is 5.70. The minimum atomic E-state index is -2.98. The van der Waals surface area contributed by atoms with E-state index in [9.17, 15) is 8.42 Å². The maximum atomic E-state index is 11.8. The van der Waals surface area contributed by atoms with Crippen molar-refractivity contribution in [2.24, 2.45) is 11.0 Å². The zero-order valence-electron chi connectivity index (χ0n) is 16.0. The second-order valence-corrected chi connectivity index (χ2v) is 10.3. The Morgan fingerprint density at radius 2 is 2.04 bits per heavy atom. The lowest BCUT2D eigenvalue weighted by Gasteiger charge is -2.35. The molecule has 1 saturated carbocycles. The zero-order valence-corrected chi connectivity index (χ0v) is 17.5. The number of rotatable bonds is 7. The lowest BCUT2D eigenvalue weighted by molar-refractivity contribution is 0.0724. The van der Waals surface area contributed by atoms with E-state index in [1.165, 1.54) is 0 Å². The third-order valence-electron chi connectivity index (χ3n) is 5.06. The van der Waals surface area contributed by atoms with Crippen LogP contribution in [-0.4, -0.2) is 36.0 Å². The maximum absolute atomic E-state index is 11.8. The molecule has 1 aliphatic rings. The second-order valence-electron chi connectivity index (χ2n) is 7.55. The van der Waals surface area contributed by atoms with E-state index in [-0.39, 0.29) is 23.5 Å². The first-order chi connectivity index (χ1) is 13.1. The van der Waals surface area contributed by atoms with Crippen molar-refractivity contribution in [2.45, 2.75) is 45.3 Å². The second kappa shape index (κ2) is 7.73. The summed E-state index contributed by atoms with van der Waals surface area (Å²) in [4.78, 5) is 11.5. The van der Waals surface area contributed by atoms with E-state index in [0.717, 1.165) is 10.9 Å². The van der Waals surface area contributed by atoms with Crippen molar-refractivity contribution in [3.05, 3.63) is 39.6 Å². The van der Waals surface area contributed by atoms with Gasteiger partial charge in [0.15, 0.2) is 0 Å². The zero-order chi connectivity index (χ0) is 20.5. The fourth-order valence-electron chi connectivity index (χ4n) is 3.37. The molecule has 0 unspecified atom stereocenters. The van der Waals surface area contributed by atoms with Gasteiger partial charge in [-0.1, -0.05) is 37.5 Å². The SMILES string of the molecule is CCS(=O)(=O)CC1CC(Oc2ncc(C(C)(C)N=[N+]=[N-])c3cc(Cl)ncc23)C1. The Balaban J connectivity index is 1.85. The molecule has 2 aromatic rings. The fraction of sp³-hybridized carbons (Fsp3) is 0.556. The van der Waals surface area contributed by atoms with Crippen LogP contribution in [0.5, 0.6) is 5.88 Å². The molecule has 0 N–H and O–H groups in total. The number of sulfone groups is 1. The Morgan fingerprint density at radius 1 is 1.32 bits per heavy atom. The number of hydrogen-bond acceptors (Lipinski definition) is 6. The molecule has 1 aliphatic carbocycles. The first kappa shape index (κ1) is 20.6. The smallest absolute Gasteiger partial charge is 0.223 e. The van der Waals surface area contributed by atoms with E-state index < -0.39 is 15.4 Å². The van der Waals surface area contributed by atoms with Gasteiger partial charge in [0.1, 0.15) is 21.1 Å². The highest BCUT2D eigenvalue weighted by Gasteiger charge is 2.34. The van der Waals surface area contributed by atoms with Crippen molar-refractivity contribution >= 4 is 32.2 Å². The van der Waals surface area contributed by atoms with Gasteiger partial charge in [-0.15, -0.1) is 0 Å². The number of aromatic nitrogens is 2. The number of ether oxygens (including phenoxy) is 1. The van der Waals surface area contributed by atoms with Crippen LogP contribution in [0.1, 0.15) is 39.2 Å². The summed E-state index contributed by atoms with van der Waals surface area (Å²) in [6.07, 6.45) is 4.48. The predicted octanol–water partition coefficient (Wildman–Crippen LogP) is 4.42. The van der Waals surface area contributed by atoms with E-state index in [2.05, 4.69) is 20.0 Å². The molecule has 2 heterocycles. The molecule has 150 valence electrons. The molecule has 8 nitrogen and oxygen atoms in total. The van der Waals surface area contributed by atoms with Crippen molar-refractivity contribution in [2.75, 3.05) is 11.5 Å². The highest BCUT2D eigenvalue weighted by atomic mass is 35.5. The highest BCUT2D eigenvalue weighted by molar-refractivity contribution is 7.91. The van der Waals surface area contributed by atoms with E-state index >= 15 is 0 Å². The van der Waals surface area contributed by atoms with Crippen molar-refractivity contribution in [3.8, 4) is 5.88 Å². The van der Waals surface area contributed by atoms with Gasteiger partial charge in [-0.25, -0.2) is 18.4 Å². The number of hydrogen-bond donors (Lipinski definition) is 0. The number of azide groups is 1. The van der Waals surface area contributed by atoms with E-state index in [1.807, 2.05) is 0 Å². The molecule has 0 aromatic carbocycles. The molecule has 10 heteroatoms. The molecule has 1 fully saturated rings. The minimum absolute atomic E-state index is 0.0839. The number of fused-ring (bicyclic) bond motifs is 1. The molecule has 28 heavy (non-hydrogen) atoms. The summed E-state index contributed by atoms with van der Waals surface area (Å²) in [7, 11) is -2.98. The van der Waals surface area contributed by atoms with Crippen molar-refractivity contribution in [3.63, 3.8) is 0 Å². The largest absolute Gasteiger partial charge is 0.474 e. The molecule has 0 atom stereocenters. The van der Waals surface area contributed by atoms with Crippen LogP contribution in [-0.2, 0) is 15.4 Å². The van der Waals surface area contributed by atoms with Gasteiger partial charge >= 0.3 is 0 Å². The molecule has 0 aliphatic heterocycles. The van der Waals surface area contributed by atoms with Crippen molar-refractivity contribution in [1.29, 1.82) is 0 Å². The quantitative estimate of drug-likeness (QED) is 0.282. The first-order valence-electron chi connectivity index (χ1n) is 9.03. The fourth-order valence-corrected chi connectivity index (χ4v) is 4.76. The van der Waals surface area contributed by atoms with Gasteiger partial charge in [-0.2, -0.15) is 0 Å². The maximum Gasteiger partial charge on any atom is 0.223 e. The first-order valence-corrected chi connectivity index (χ1v) is 11.2. The summed E-state index contributed by atoms with van der Waals surface area (Å²) in [6, 6.07) is 1.70. The van der Waals surface area contributed by atoms with E-state index in [4.69, 9.17) is 21.9 Å². The molecule has 0 spiro atoms. The van der Waals surface area contributed by atoms with Crippen LogP contribution in [0.15, 0.2) is 23.6 Å². The van der Waals surface area contributed by atoms with Gasteiger partial charge in [0.25, 0.3) is 0 Å². The minimum Gasteiger partial charge on any atom is -0.474 e. The normalized spacial score (nSPS) is 19.7. The van der Waals surface area contributed by atoms with Gasteiger partial charge in [0.05, 0.1) is 16.7 Å². The molecule has 0 saturated heterocycles. The third-order valence-corrected chi connectivity index (χ3v) is 7.12. The van der Waals surface area contributed by atoms with Crippen LogP contribution in [0.3, 0.4) is 0 Å². The summed E-state index contributed by atoms with van der Waals surface area (Å²) in [6.45, 7) is 5.25. The monoisotopic (exact) mass is 423 g/mol. The van der Waals surface area contributed by atoms with Gasteiger partial charge in [0.2, 0.25) is 5.88 Å². The highest BCUT2D eigenvalue weighted by Crippen LogP contribution is 2.38. The third kappa shape index (κ3) is 4.32. The lowest BCUT2D eigenvalue weighted by Crippen LogP contribution is -2.38. The van der Waals surface area contributed by atoms with Crippen molar-refractivity contribution < 1.29 is 13.2 Å². The average molecular weight is 424 g/mol. The molecular formula is C18H22ClN5O3S. The summed E-state index contributed by atoms with van der Waals surface area (Å²) in [5.74, 6) is 0.905. The summed E-state index contributed by atoms with van der Waals surface area (Å²) in [5, 5.41) is 5.60. The summed E-state index contributed by atoms with van der Waals surface area (Å²) >= 11 is 6.08. The number of nitrogens with zero attached hydrogens (tertiary/aromatic N) is 5. The van der Waals surface area contributed by atoms with E-state index in [1.54, 1.807) is 39.2 Å². The van der Waals surface area contributed by atoms with Crippen LogP contribution in [0, 0.1) is 5.92 Å². The van der Waals surface area contributed by atoms with Gasteiger partial charge < -0.3 is 4.74 Å². The Hall–Kier alpha value is -2.09. The topological polar surface area (TPSA) is 118 Å². The van der Waals surface area contributed by atoms with Crippen LogP contribution >= 0.6 is 11.6 Å². The molecular weight excluding hydrogens is 402 g/mol. The van der Waals surface area contributed by atoms with Crippen LogP contribution in [0.4, 0.5) is 0 Å². The Bertz CT molecular complexity index is 1040. The molecule has 3 rings (SSSR count). The Labute approximate surface area is 168 Å². The van der Waals surface area contributed by atoms with Gasteiger partial charge in [-0.05, 0) is 41.3 Å². The van der Waals surface area contributed by atoms with Gasteiger partial charge in [0, 0.05) is 23.1 Å². The molecule has 0 radical (unpaired) electrons. The number of pyridine rings is 2. The number of halogens is 1. The summed E-state index contributed by atoms with van der Waals surface area (Å²) < 4.78 is 29.5. The molecule has 0 bridgehead atoms. The van der Waals surface area contributed by atoms with Crippen LogP contribution < -0.4 is 4.74 Å². The predicted molar refractivity (Wildman–Crippen MR) is 108 cm³/mol. The molecule has 2 aromatic heterocycles.